The van der Waals surface area contributed by atoms with Gasteiger partial charge < -0.3 is 15.4 Å². The highest BCUT2D eigenvalue weighted by Gasteiger charge is 2.36. The zero-order valence-corrected chi connectivity index (χ0v) is 7.84. The number of anilines is 1. The maximum atomic E-state index is 12.5. The fourth-order valence-electron chi connectivity index (χ4n) is 1.18. The highest BCUT2D eigenvalue weighted by molar-refractivity contribution is 6.59. The molecule has 0 aliphatic carbocycles. The van der Waals surface area contributed by atoms with Crippen molar-refractivity contribution in [2.75, 3.05) is 12.4 Å². The molecule has 3 nitrogen and oxygen atoms in total. The van der Waals surface area contributed by atoms with Crippen LogP contribution in [0.3, 0.4) is 0 Å². The monoisotopic (exact) mass is 219 g/mol. The van der Waals surface area contributed by atoms with Crippen LogP contribution in [-0.2, 0) is 6.18 Å². The van der Waals surface area contributed by atoms with Gasteiger partial charge in [0.25, 0.3) is 0 Å². The molecule has 0 heterocycles. The van der Waals surface area contributed by atoms with Gasteiger partial charge in [0.2, 0.25) is 0 Å². The quantitative estimate of drug-likeness (QED) is 0.632. The maximum absolute atomic E-state index is 12.5. The van der Waals surface area contributed by atoms with E-state index in [0.29, 0.717) is 0 Å². The molecule has 15 heavy (non-hydrogen) atoms. The van der Waals surface area contributed by atoms with Gasteiger partial charge in [-0.25, -0.2) is 0 Å². The number of hydrogen-bond acceptors (Lipinski definition) is 3. The summed E-state index contributed by atoms with van der Waals surface area (Å²) < 4.78 is 37.4. The predicted molar refractivity (Wildman–Crippen MR) is 50.8 cm³/mol. The highest BCUT2D eigenvalue weighted by Crippen LogP contribution is 2.29. The molecule has 1 aromatic carbocycles. The molecule has 0 spiro atoms. The molecule has 0 bridgehead atoms. The van der Waals surface area contributed by atoms with Gasteiger partial charge in [0.1, 0.15) is 0 Å². The molecular weight excluding hydrogens is 210 g/mol. The molecule has 1 aromatic rings. The van der Waals surface area contributed by atoms with Crippen LogP contribution in [-0.4, -0.2) is 24.2 Å². The van der Waals surface area contributed by atoms with Gasteiger partial charge in [-0.15, -0.1) is 0 Å². The SMILES string of the molecule is CNc1ccc(B(O)O)c(C(F)(F)F)c1. The summed E-state index contributed by atoms with van der Waals surface area (Å²) in [6.07, 6.45) is -4.61. The fraction of sp³-hybridized carbons (Fsp3) is 0.250. The third kappa shape index (κ3) is 2.63. The summed E-state index contributed by atoms with van der Waals surface area (Å²) in [5.74, 6) is 0. The van der Waals surface area contributed by atoms with Crippen molar-refractivity contribution >= 4 is 18.3 Å². The maximum Gasteiger partial charge on any atom is 0.489 e. The minimum Gasteiger partial charge on any atom is -0.423 e. The summed E-state index contributed by atoms with van der Waals surface area (Å²) in [4.78, 5) is 0. The zero-order valence-electron chi connectivity index (χ0n) is 7.84. The van der Waals surface area contributed by atoms with E-state index in [4.69, 9.17) is 10.0 Å². The summed E-state index contributed by atoms with van der Waals surface area (Å²) in [5.41, 5.74) is -1.35. The first-order chi connectivity index (χ1) is 6.86. The van der Waals surface area contributed by atoms with Gasteiger partial charge in [-0.2, -0.15) is 13.2 Å². The summed E-state index contributed by atoms with van der Waals surface area (Å²) in [7, 11) is -0.655. The lowest BCUT2D eigenvalue weighted by atomic mass is 9.76. The summed E-state index contributed by atoms with van der Waals surface area (Å²) in [6.45, 7) is 0. The van der Waals surface area contributed by atoms with Gasteiger partial charge in [0.05, 0.1) is 5.56 Å². The van der Waals surface area contributed by atoms with Crippen molar-refractivity contribution < 1.29 is 23.2 Å². The molecule has 7 heteroatoms. The topological polar surface area (TPSA) is 52.5 Å². The molecule has 1 rings (SSSR count). The summed E-state index contributed by atoms with van der Waals surface area (Å²) in [6, 6.07) is 3.19. The van der Waals surface area contributed by atoms with Gasteiger partial charge in [0.15, 0.2) is 0 Å². The lowest BCUT2D eigenvalue weighted by Crippen LogP contribution is -2.36. The van der Waals surface area contributed by atoms with E-state index >= 15 is 0 Å². The van der Waals surface area contributed by atoms with E-state index in [1.54, 1.807) is 0 Å². The van der Waals surface area contributed by atoms with Crippen LogP contribution < -0.4 is 10.8 Å². The summed E-state index contributed by atoms with van der Waals surface area (Å²) >= 11 is 0. The Hall–Kier alpha value is -1.21. The number of nitrogens with one attached hydrogen (secondary N) is 1. The lowest BCUT2D eigenvalue weighted by Gasteiger charge is -2.13. The number of alkyl halides is 3. The third-order valence-electron chi connectivity index (χ3n) is 1.93. The Bertz CT molecular complexity index is 354. The van der Waals surface area contributed by atoms with Crippen LogP contribution in [0.25, 0.3) is 0 Å². The van der Waals surface area contributed by atoms with Gasteiger partial charge in [-0.1, -0.05) is 6.07 Å². The van der Waals surface area contributed by atoms with Crippen LogP contribution in [0.15, 0.2) is 18.2 Å². The second-order valence-corrected chi connectivity index (χ2v) is 2.92. The van der Waals surface area contributed by atoms with Crippen LogP contribution >= 0.6 is 0 Å². The first-order valence-corrected chi connectivity index (χ1v) is 4.11. The number of rotatable bonds is 2. The van der Waals surface area contributed by atoms with Crippen LogP contribution in [0, 0.1) is 0 Å². The summed E-state index contributed by atoms with van der Waals surface area (Å²) in [5, 5.41) is 20.1. The van der Waals surface area contributed by atoms with Crippen molar-refractivity contribution in [2.45, 2.75) is 6.18 Å². The van der Waals surface area contributed by atoms with Crippen LogP contribution in [0.4, 0.5) is 18.9 Å². The Kier molecular flexibility index (Phi) is 3.26. The van der Waals surface area contributed by atoms with E-state index in [9.17, 15) is 13.2 Å². The first-order valence-electron chi connectivity index (χ1n) is 4.11. The largest absolute Gasteiger partial charge is 0.489 e. The molecule has 0 fully saturated rings. The zero-order chi connectivity index (χ0) is 11.6. The van der Waals surface area contributed by atoms with Crippen LogP contribution in [0.5, 0.6) is 0 Å². The standard InChI is InChI=1S/C8H9BF3NO2/c1-13-5-2-3-7(9(14)15)6(4-5)8(10,11)12/h2-4,13-15H,1H3. The van der Waals surface area contributed by atoms with Crippen molar-refractivity contribution in [3.63, 3.8) is 0 Å². The molecule has 3 N–H and O–H groups in total. The normalized spacial score (nSPS) is 11.3. The van der Waals surface area contributed by atoms with Gasteiger partial charge >= 0.3 is 13.3 Å². The molecule has 0 amide bonds. The van der Waals surface area contributed by atoms with E-state index in [-0.39, 0.29) is 5.69 Å². The number of benzene rings is 1. The molecule has 0 atom stereocenters. The minimum atomic E-state index is -4.61. The molecule has 0 saturated heterocycles. The van der Waals surface area contributed by atoms with E-state index in [1.165, 1.54) is 13.1 Å². The highest BCUT2D eigenvalue weighted by atomic mass is 19.4. The van der Waals surface area contributed by atoms with Crippen molar-refractivity contribution in [3.8, 4) is 0 Å². The molecule has 0 aliphatic heterocycles. The van der Waals surface area contributed by atoms with E-state index < -0.39 is 24.3 Å². The molecule has 0 aliphatic rings. The van der Waals surface area contributed by atoms with E-state index in [1.807, 2.05) is 0 Å². The number of halogens is 3. The second-order valence-electron chi connectivity index (χ2n) is 2.92. The average Bonchev–Trinajstić information content (AvgIpc) is 2.15. The fourth-order valence-corrected chi connectivity index (χ4v) is 1.18. The Balaban J connectivity index is 3.29. The van der Waals surface area contributed by atoms with Gasteiger partial charge in [0, 0.05) is 12.7 Å². The average molecular weight is 219 g/mol. The number of hydrogen-bond donors (Lipinski definition) is 3. The van der Waals surface area contributed by atoms with Crippen LogP contribution in [0.1, 0.15) is 5.56 Å². The molecule has 0 radical (unpaired) electrons. The molecule has 0 unspecified atom stereocenters. The molecule has 0 aromatic heterocycles. The lowest BCUT2D eigenvalue weighted by molar-refractivity contribution is -0.136. The Morgan fingerprint density at radius 1 is 1.27 bits per heavy atom. The van der Waals surface area contributed by atoms with Crippen molar-refractivity contribution in [2.24, 2.45) is 0 Å². The van der Waals surface area contributed by atoms with Crippen molar-refractivity contribution in [3.05, 3.63) is 23.8 Å². The van der Waals surface area contributed by atoms with Crippen molar-refractivity contribution in [1.29, 1.82) is 0 Å². The molecule has 0 saturated carbocycles. The Morgan fingerprint density at radius 3 is 2.27 bits per heavy atom. The molecule has 82 valence electrons. The van der Waals surface area contributed by atoms with E-state index in [0.717, 1.165) is 12.1 Å². The van der Waals surface area contributed by atoms with Crippen LogP contribution in [0.2, 0.25) is 0 Å². The first kappa shape index (κ1) is 11.9. The second kappa shape index (κ2) is 4.12. The van der Waals surface area contributed by atoms with Gasteiger partial charge in [-0.05, 0) is 17.6 Å². The Labute approximate surface area is 84.7 Å². The smallest absolute Gasteiger partial charge is 0.423 e. The Morgan fingerprint density at radius 2 is 1.87 bits per heavy atom. The molecular formula is C8H9BF3NO2. The van der Waals surface area contributed by atoms with E-state index in [2.05, 4.69) is 5.32 Å². The minimum absolute atomic E-state index is 0.256. The van der Waals surface area contributed by atoms with Gasteiger partial charge in [-0.3, -0.25) is 0 Å². The third-order valence-corrected chi connectivity index (χ3v) is 1.93. The van der Waals surface area contributed by atoms with Crippen molar-refractivity contribution in [1.82, 2.24) is 0 Å². The predicted octanol–water partition coefficient (Wildman–Crippen LogP) is 0.427.